The minimum absolute atomic E-state index is 0.0557. The maximum atomic E-state index is 12.8. The van der Waals surface area contributed by atoms with E-state index in [0.29, 0.717) is 18.5 Å². The Balaban J connectivity index is 1.86. The van der Waals surface area contributed by atoms with Gasteiger partial charge >= 0.3 is 5.97 Å². The Morgan fingerprint density at radius 1 is 0.958 bits per heavy atom. The van der Waals surface area contributed by atoms with Gasteiger partial charge in [-0.2, -0.15) is 0 Å². The Morgan fingerprint density at radius 3 is 2.29 bits per heavy atom. The van der Waals surface area contributed by atoms with Crippen LogP contribution in [0.25, 0.3) is 10.8 Å². The van der Waals surface area contributed by atoms with Gasteiger partial charge in [-0.1, -0.05) is 68.3 Å². The van der Waals surface area contributed by atoms with Gasteiger partial charge in [-0.15, -0.1) is 0 Å². The van der Waals surface area contributed by atoms with Crippen LogP contribution in [0, 0.1) is 11.8 Å². The molecule has 1 aliphatic rings. The van der Waals surface area contributed by atoms with Gasteiger partial charge in [-0.05, 0) is 24.3 Å². The summed E-state index contributed by atoms with van der Waals surface area (Å²) in [6.45, 7) is 0. The molecule has 0 saturated heterocycles. The number of amides is 1. The summed E-state index contributed by atoms with van der Waals surface area (Å²) in [5.41, 5.74) is 0.717. The minimum atomic E-state index is -0.920. The number of rotatable bonds is 3. The number of hydrogen-bond donors (Lipinski definition) is 2. The molecule has 4 nitrogen and oxygen atoms in total. The lowest BCUT2D eigenvalue weighted by Crippen LogP contribution is -2.42. The predicted octanol–water partition coefficient (Wildman–Crippen LogP) is 4.42. The first-order chi connectivity index (χ1) is 11.5. The summed E-state index contributed by atoms with van der Waals surface area (Å²) >= 11 is 7.04. The van der Waals surface area contributed by atoms with E-state index in [4.69, 9.17) is 0 Å². The first kappa shape index (κ1) is 17.4. The highest BCUT2D eigenvalue weighted by molar-refractivity contribution is 9.12. The molecule has 1 aliphatic carbocycles. The fourth-order valence-electron chi connectivity index (χ4n) is 3.23. The quantitative estimate of drug-likeness (QED) is 0.674. The third-order valence-corrected chi connectivity index (χ3v) is 7.27. The van der Waals surface area contributed by atoms with Crippen LogP contribution in [0.3, 0.4) is 0 Å². The van der Waals surface area contributed by atoms with Gasteiger partial charge in [-0.25, -0.2) is 0 Å². The third-order valence-electron chi connectivity index (χ3n) is 4.54. The molecule has 6 heteroatoms. The molecule has 24 heavy (non-hydrogen) atoms. The van der Waals surface area contributed by atoms with E-state index < -0.39 is 17.8 Å². The molecule has 2 N–H and O–H groups in total. The monoisotopic (exact) mass is 453 g/mol. The van der Waals surface area contributed by atoms with Crippen LogP contribution >= 0.6 is 31.9 Å². The Morgan fingerprint density at radius 2 is 1.58 bits per heavy atom. The molecule has 2 aromatic carbocycles. The van der Waals surface area contributed by atoms with Gasteiger partial charge < -0.3 is 10.4 Å². The Labute approximate surface area is 156 Å². The molecule has 1 saturated carbocycles. The van der Waals surface area contributed by atoms with Crippen molar-refractivity contribution in [3.8, 4) is 0 Å². The molecular weight excluding hydrogens is 438 g/mol. The molecule has 0 spiro atoms. The fraction of sp³-hybridized carbons (Fsp3) is 0.333. The van der Waals surface area contributed by atoms with Crippen LogP contribution in [0.1, 0.15) is 12.8 Å². The van der Waals surface area contributed by atoms with Crippen LogP contribution in [-0.2, 0) is 9.59 Å². The zero-order valence-electron chi connectivity index (χ0n) is 12.8. The molecule has 0 bridgehead atoms. The lowest BCUT2D eigenvalue weighted by Gasteiger charge is -2.34. The van der Waals surface area contributed by atoms with Gasteiger partial charge in [0.1, 0.15) is 0 Å². The number of nitrogens with one attached hydrogen (secondary N) is 1. The van der Waals surface area contributed by atoms with E-state index >= 15 is 0 Å². The highest BCUT2D eigenvalue weighted by atomic mass is 79.9. The Bertz CT molecular complexity index is 774. The summed E-state index contributed by atoms with van der Waals surface area (Å²) < 4.78 is 0. The molecule has 2 aromatic rings. The van der Waals surface area contributed by atoms with Crippen LogP contribution in [0.4, 0.5) is 5.69 Å². The fourth-order valence-corrected chi connectivity index (χ4v) is 4.47. The maximum Gasteiger partial charge on any atom is 0.307 e. The number of carbonyl (C=O) groups is 2. The van der Waals surface area contributed by atoms with Crippen molar-refractivity contribution in [2.24, 2.45) is 11.8 Å². The second kappa shape index (κ2) is 7.23. The first-order valence-electron chi connectivity index (χ1n) is 7.77. The zero-order valence-corrected chi connectivity index (χ0v) is 16.0. The van der Waals surface area contributed by atoms with Crippen molar-refractivity contribution in [1.29, 1.82) is 0 Å². The van der Waals surface area contributed by atoms with E-state index in [1.165, 1.54) is 0 Å². The van der Waals surface area contributed by atoms with E-state index in [1.54, 1.807) is 0 Å². The second-order valence-corrected chi connectivity index (χ2v) is 8.42. The first-order valence-corrected chi connectivity index (χ1v) is 9.60. The summed E-state index contributed by atoms with van der Waals surface area (Å²) in [5, 5.41) is 14.4. The molecule has 1 amide bonds. The van der Waals surface area contributed by atoms with Crippen LogP contribution in [0.15, 0.2) is 42.5 Å². The summed E-state index contributed by atoms with van der Waals surface area (Å²) in [5.74, 6) is -2.39. The molecule has 4 atom stereocenters. The van der Waals surface area contributed by atoms with Gasteiger partial charge in [0, 0.05) is 20.7 Å². The van der Waals surface area contributed by atoms with Crippen LogP contribution in [-0.4, -0.2) is 26.6 Å². The van der Waals surface area contributed by atoms with Crippen molar-refractivity contribution in [3.05, 3.63) is 42.5 Å². The number of alkyl halides is 2. The van der Waals surface area contributed by atoms with Gasteiger partial charge in [-0.3, -0.25) is 9.59 Å². The number of anilines is 1. The van der Waals surface area contributed by atoms with Crippen LogP contribution in [0.2, 0.25) is 0 Å². The molecule has 0 unspecified atom stereocenters. The topological polar surface area (TPSA) is 66.4 Å². The number of benzene rings is 2. The minimum Gasteiger partial charge on any atom is -0.481 e. The Hall–Kier alpha value is -1.40. The molecule has 3 rings (SSSR count). The lowest BCUT2D eigenvalue weighted by molar-refractivity contribution is -0.147. The summed E-state index contributed by atoms with van der Waals surface area (Å²) in [4.78, 5) is 24.5. The zero-order chi connectivity index (χ0) is 17.3. The standard InChI is InChI=1S/C18H17Br2NO3/c19-14-8-12(13(18(23)24)9-15(14)20)17(22)21-16-7-3-5-10-4-1-2-6-11(10)16/h1-7,12-15H,8-9H2,(H,21,22)(H,23,24)/t12-,13-,14+,15+/m0/s1. The highest BCUT2D eigenvalue weighted by Gasteiger charge is 2.42. The normalized spacial score (nSPS) is 26.9. The summed E-state index contributed by atoms with van der Waals surface area (Å²) in [7, 11) is 0. The van der Waals surface area contributed by atoms with Crippen molar-refractivity contribution in [3.63, 3.8) is 0 Å². The SMILES string of the molecule is O=C(O)[C@H]1C[C@@H](Br)[C@H](Br)C[C@@H]1C(=O)Nc1cccc2ccccc12. The second-order valence-electron chi connectivity index (χ2n) is 6.07. The van der Waals surface area contributed by atoms with Crippen molar-refractivity contribution in [2.45, 2.75) is 22.5 Å². The van der Waals surface area contributed by atoms with Crippen molar-refractivity contribution >= 4 is 60.2 Å². The Kier molecular flexibility index (Phi) is 5.25. The summed E-state index contributed by atoms with van der Waals surface area (Å²) in [6.07, 6.45) is 0.919. The van der Waals surface area contributed by atoms with Gasteiger partial charge in [0.05, 0.1) is 11.8 Å². The summed E-state index contributed by atoms with van der Waals surface area (Å²) in [6, 6.07) is 13.5. The maximum absolute atomic E-state index is 12.8. The number of halogens is 2. The van der Waals surface area contributed by atoms with E-state index in [1.807, 2.05) is 42.5 Å². The van der Waals surface area contributed by atoms with Crippen molar-refractivity contribution < 1.29 is 14.7 Å². The molecule has 126 valence electrons. The van der Waals surface area contributed by atoms with Crippen LogP contribution < -0.4 is 5.32 Å². The molecule has 1 fully saturated rings. The van der Waals surface area contributed by atoms with E-state index in [-0.39, 0.29) is 15.6 Å². The van der Waals surface area contributed by atoms with Gasteiger partial charge in [0.15, 0.2) is 0 Å². The molecule has 0 radical (unpaired) electrons. The van der Waals surface area contributed by atoms with E-state index in [2.05, 4.69) is 37.2 Å². The highest BCUT2D eigenvalue weighted by Crippen LogP contribution is 2.38. The van der Waals surface area contributed by atoms with Crippen LogP contribution in [0.5, 0.6) is 0 Å². The number of aliphatic carboxylic acids is 1. The number of carboxylic acids is 1. The number of carboxylic acid groups (broad SMARTS) is 1. The smallest absolute Gasteiger partial charge is 0.307 e. The number of hydrogen-bond acceptors (Lipinski definition) is 2. The molecule has 0 aliphatic heterocycles. The average molecular weight is 455 g/mol. The average Bonchev–Trinajstić information content (AvgIpc) is 2.57. The van der Waals surface area contributed by atoms with Gasteiger partial charge in [0.2, 0.25) is 5.91 Å². The van der Waals surface area contributed by atoms with E-state index in [0.717, 1.165) is 10.8 Å². The number of carbonyl (C=O) groups excluding carboxylic acids is 1. The van der Waals surface area contributed by atoms with Crippen molar-refractivity contribution in [1.82, 2.24) is 0 Å². The lowest BCUT2D eigenvalue weighted by atomic mass is 9.78. The van der Waals surface area contributed by atoms with Gasteiger partial charge in [0.25, 0.3) is 0 Å². The number of fused-ring (bicyclic) bond motifs is 1. The van der Waals surface area contributed by atoms with E-state index in [9.17, 15) is 14.7 Å². The molecule has 0 aromatic heterocycles. The van der Waals surface area contributed by atoms with Crippen molar-refractivity contribution in [2.75, 3.05) is 5.32 Å². The molecule has 0 heterocycles. The predicted molar refractivity (Wildman–Crippen MR) is 102 cm³/mol. The molecular formula is C18H17Br2NO3. The largest absolute Gasteiger partial charge is 0.481 e. The third kappa shape index (κ3) is 3.49.